The third-order valence-corrected chi connectivity index (χ3v) is 3.67. The molecule has 98 valence electrons. The predicted molar refractivity (Wildman–Crippen MR) is 78.5 cm³/mol. The van der Waals surface area contributed by atoms with Crippen molar-refractivity contribution in [2.75, 3.05) is 18.4 Å². The van der Waals surface area contributed by atoms with E-state index in [2.05, 4.69) is 41.6 Å². The highest BCUT2D eigenvalue weighted by Gasteiger charge is 2.07. The number of hydrogen-bond acceptors (Lipinski definition) is 1. The van der Waals surface area contributed by atoms with Crippen molar-refractivity contribution in [2.45, 2.75) is 71.8 Å². The Kier molecular flexibility index (Phi) is 12.2. The lowest BCUT2D eigenvalue weighted by Crippen LogP contribution is -2.32. The highest BCUT2D eigenvalue weighted by Crippen LogP contribution is 2.08. The summed E-state index contributed by atoms with van der Waals surface area (Å²) in [6.07, 6.45) is 9.69. The number of alkyl halides is 1. The van der Waals surface area contributed by atoms with E-state index in [4.69, 9.17) is 0 Å². The van der Waals surface area contributed by atoms with E-state index in [0.717, 1.165) is 5.33 Å². The quantitative estimate of drug-likeness (QED) is 0.389. The summed E-state index contributed by atoms with van der Waals surface area (Å²) in [6.45, 7) is 9.44. The molecule has 0 amide bonds. The fourth-order valence-corrected chi connectivity index (χ4v) is 2.24. The first-order valence-corrected chi connectivity index (χ1v) is 8.14. The third-order valence-electron chi connectivity index (χ3n) is 3.11. The van der Waals surface area contributed by atoms with Crippen LogP contribution >= 0.6 is 15.9 Å². The van der Waals surface area contributed by atoms with Crippen LogP contribution in [0.5, 0.6) is 0 Å². The Hall–Kier alpha value is 0.440. The SMILES string of the molecule is CCCCCCCCN(CCCBr)C(C)C. The average Bonchev–Trinajstić information content (AvgIpc) is 2.26. The maximum atomic E-state index is 3.51. The number of rotatable bonds is 11. The van der Waals surface area contributed by atoms with E-state index < -0.39 is 0 Å². The van der Waals surface area contributed by atoms with Crippen LogP contribution in [0.4, 0.5) is 0 Å². The van der Waals surface area contributed by atoms with Crippen molar-refractivity contribution in [1.82, 2.24) is 4.90 Å². The van der Waals surface area contributed by atoms with Gasteiger partial charge in [0, 0.05) is 11.4 Å². The molecular formula is C14H30BrN. The summed E-state index contributed by atoms with van der Waals surface area (Å²) in [5, 5.41) is 1.13. The normalized spacial score (nSPS) is 11.6. The van der Waals surface area contributed by atoms with Crippen molar-refractivity contribution in [1.29, 1.82) is 0 Å². The van der Waals surface area contributed by atoms with Gasteiger partial charge in [0.1, 0.15) is 0 Å². The second kappa shape index (κ2) is 11.9. The molecule has 0 saturated heterocycles. The molecule has 0 aromatic carbocycles. The van der Waals surface area contributed by atoms with Crippen LogP contribution in [0.2, 0.25) is 0 Å². The molecule has 0 bridgehead atoms. The van der Waals surface area contributed by atoms with Gasteiger partial charge in [0.2, 0.25) is 0 Å². The van der Waals surface area contributed by atoms with Gasteiger partial charge in [-0.15, -0.1) is 0 Å². The van der Waals surface area contributed by atoms with Gasteiger partial charge in [-0.25, -0.2) is 0 Å². The lowest BCUT2D eigenvalue weighted by molar-refractivity contribution is 0.218. The Labute approximate surface area is 111 Å². The van der Waals surface area contributed by atoms with Crippen molar-refractivity contribution in [3.63, 3.8) is 0 Å². The van der Waals surface area contributed by atoms with Crippen molar-refractivity contribution < 1.29 is 0 Å². The number of hydrogen-bond donors (Lipinski definition) is 0. The van der Waals surface area contributed by atoms with Crippen LogP contribution in [-0.4, -0.2) is 29.4 Å². The largest absolute Gasteiger partial charge is 0.301 e. The maximum absolute atomic E-state index is 3.51. The lowest BCUT2D eigenvalue weighted by atomic mass is 10.1. The molecule has 0 aliphatic carbocycles. The smallest absolute Gasteiger partial charge is 0.00434 e. The van der Waals surface area contributed by atoms with E-state index >= 15 is 0 Å². The minimum absolute atomic E-state index is 0.703. The summed E-state index contributed by atoms with van der Waals surface area (Å²) in [7, 11) is 0. The molecule has 0 unspecified atom stereocenters. The van der Waals surface area contributed by atoms with Crippen molar-refractivity contribution in [2.24, 2.45) is 0 Å². The van der Waals surface area contributed by atoms with Crippen LogP contribution in [0.15, 0.2) is 0 Å². The Balaban J connectivity index is 3.44. The molecule has 0 heterocycles. The Morgan fingerprint density at radius 2 is 1.44 bits per heavy atom. The molecular weight excluding hydrogens is 262 g/mol. The maximum Gasteiger partial charge on any atom is 0.00434 e. The standard InChI is InChI=1S/C14H30BrN/c1-4-5-6-7-8-9-12-16(14(2)3)13-10-11-15/h14H,4-13H2,1-3H3. The fraction of sp³-hybridized carbons (Fsp3) is 1.00. The summed E-state index contributed by atoms with van der Waals surface area (Å²) in [5.74, 6) is 0. The first kappa shape index (κ1) is 16.4. The monoisotopic (exact) mass is 291 g/mol. The Morgan fingerprint density at radius 1 is 0.875 bits per heavy atom. The zero-order valence-corrected chi connectivity index (χ0v) is 13.1. The molecule has 0 N–H and O–H groups in total. The van der Waals surface area contributed by atoms with Crippen LogP contribution in [0.1, 0.15) is 65.7 Å². The molecule has 1 nitrogen and oxygen atoms in total. The van der Waals surface area contributed by atoms with Crippen molar-refractivity contribution in [3.05, 3.63) is 0 Å². The predicted octanol–water partition coefficient (Wildman–Crippen LogP) is 4.84. The van der Waals surface area contributed by atoms with Gasteiger partial charge in [0.25, 0.3) is 0 Å². The first-order valence-electron chi connectivity index (χ1n) is 7.02. The zero-order chi connectivity index (χ0) is 12.2. The van der Waals surface area contributed by atoms with E-state index in [-0.39, 0.29) is 0 Å². The summed E-state index contributed by atoms with van der Waals surface area (Å²) in [5.41, 5.74) is 0. The zero-order valence-electron chi connectivity index (χ0n) is 11.5. The van der Waals surface area contributed by atoms with Gasteiger partial charge in [-0.05, 0) is 39.8 Å². The minimum Gasteiger partial charge on any atom is -0.301 e. The van der Waals surface area contributed by atoms with E-state index in [1.54, 1.807) is 0 Å². The van der Waals surface area contributed by atoms with E-state index in [1.165, 1.54) is 58.0 Å². The molecule has 0 aliphatic heterocycles. The molecule has 0 aromatic rings. The number of unbranched alkanes of at least 4 members (excludes halogenated alkanes) is 5. The van der Waals surface area contributed by atoms with Crippen LogP contribution in [0.25, 0.3) is 0 Å². The highest BCUT2D eigenvalue weighted by molar-refractivity contribution is 9.09. The second-order valence-corrected chi connectivity index (χ2v) is 5.73. The van der Waals surface area contributed by atoms with Crippen LogP contribution < -0.4 is 0 Å². The molecule has 0 aromatic heterocycles. The molecule has 0 spiro atoms. The van der Waals surface area contributed by atoms with Crippen LogP contribution in [-0.2, 0) is 0 Å². The van der Waals surface area contributed by atoms with Gasteiger partial charge in [-0.2, -0.15) is 0 Å². The number of halogens is 1. The van der Waals surface area contributed by atoms with E-state index in [0.29, 0.717) is 6.04 Å². The first-order chi connectivity index (χ1) is 7.72. The summed E-state index contributed by atoms with van der Waals surface area (Å²) in [4.78, 5) is 2.61. The Morgan fingerprint density at radius 3 is 2.00 bits per heavy atom. The van der Waals surface area contributed by atoms with Crippen molar-refractivity contribution in [3.8, 4) is 0 Å². The van der Waals surface area contributed by atoms with Gasteiger partial charge in [0.15, 0.2) is 0 Å². The molecule has 16 heavy (non-hydrogen) atoms. The average molecular weight is 292 g/mol. The van der Waals surface area contributed by atoms with Gasteiger partial charge < -0.3 is 4.90 Å². The van der Waals surface area contributed by atoms with Gasteiger partial charge in [-0.1, -0.05) is 55.0 Å². The molecule has 0 saturated carbocycles. The van der Waals surface area contributed by atoms with Crippen LogP contribution in [0.3, 0.4) is 0 Å². The molecule has 0 radical (unpaired) electrons. The van der Waals surface area contributed by atoms with Gasteiger partial charge in [-0.3, -0.25) is 0 Å². The third kappa shape index (κ3) is 9.65. The van der Waals surface area contributed by atoms with E-state index in [1.807, 2.05) is 0 Å². The molecule has 0 atom stereocenters. The minimum atomic E-state index is 0.703. The van der Waals surface area contributed by atoms with Crippen LogP contribution in [0, 0.1) is 0 Å². The summed E-state index contributed by atoms with van der Waals surface area (Å²) >= 11 is 3.51. The molecule has 2 heteroatoms. The summed E-state index contributed by atoms with van der Waals surface area (Å²) < 4.78 is 0. The van der Waals surface area contributed by atoms with Gasteiger partial charge in [0.05, 0.1) is 0 Å². The van der Waals surface area contributed by atoms with E-state index in [9.17, 15) is 0 Å². The Bertz CT molecular complexity index is 137. The second-order valence-electron chi connectivity index (χ2n) is 4.94. The van der Waals surface area contributed by atoms with Gasteiger partial charge >= 0.3 is 0 Å². The molecule has 0 aliphatic rings. The topological polar surface area (TPSA) is 3.24 Å². The van der Waals surface area contributed by atoms with Crippen molar-refractivity contribution >= 4 is 15.9 Å². The summed E-state index contributed by atoms with van der Waals surface area (Å²) in [6, 6.07) is 0.703. The fourth-order valence-electron chi connectivity index (χ4n) is 1.99. The molecule has 0 rings (SSSR count). The lowest BCUT2D eigenvalue weighted by Gasteiger charge is -2.26. The highest BCUT2D eigenvalue weighted by atomic mass is 79.9. The number of nitrogens with zero attached hydrogens (tertiary/aromatic N) is 1. The molecule has 0 fully saturated rings.